The Morgan fingerprint density at radius 3 is 1.85 bits per heavy atom. The first-order chi connectivity index (χ1) is 15.4. The zero-order valence-electron chi connectivity index (χ0n) is 19.9. The van der Waals surface area contributed by atoms with Crippen LogP contribution in [0.25, 0.3) is 6.08 Å². The summed E-state index contributed by atoms with van der Waals surface area (Å²) in [5.74, 6) is 0.0427. The molecule has 0 radical (unpaired) electrons. The highest BCUT2D eigenvalue weighted by molar-refractivity contribution is 7.95. The summed E-state index contributed by atoms with van der Waals surface area (Å²) in [6.07, 6.45) is -4.25. The van der Waals surface area contributed by atoms with Crippen molar-refractivity contribution >= 4 is 15.9 Å². The molecule has 1 unspecified atom stereocenters. The zero-order valence-corrected chi connectivity index (χ0v) is 20.7. The molecule has 2 aromatic rings. The molecule has 34 heavy (non-hydrogen) atoms. The van der Waals surface area contributed by atoms with Crippen LogP contribution in [-0.2, 0) is 25.4 Å². The van der Waals surface area contributed by atoms with Gasteiger partial charge in [0.1, 0.15) is 16.7 Å². The lowest BCUT2D eigenvalue weighted by Crippen LogP contribution is -2.25. The highest BCUT2D eigenvalue weighted by atomic mass is 32.2. The monoisotopic (exact) mass is 495 g/mol. The van der Waals surface area contributed by atoms with E-state index in [1.165, 1.54) is 48.5 Å². The average Bonchev–Trinajstić information content (AvgIpc) is 2.69. The van der Waals surface area contributed by atoms with E-state index in [1.807, 2.05) is 41.5 Å². The third-order valence-electron chi connectivity index (χ3n) is 5.06. The van der Waals surface area contributed by atoms with Crippen LogP contribution in [-0.4, -0.2) is 19.9 Å². The first-order valence-electron chi connectivity index (χ1n) is 10.4. The summed E-state index contributed by atoms with van der Waals surface area (Å²) >= 11 is 0. The van der Waals surface area contributed by atoms with Gasteiger partial charge in [-0.05, 0) is 40.2 Å². The fraction of sp³-hybridized carbons (Fsp3) is 0.400. The van der Waals surface area contributed by atoms with Crippen molar-refractivity contribution in [2.24, 2.45) is 0 Å². The molecule has 184 valence electrons. The standard InChI is InChI=1S/C25H28F3NO4S/c1-23(2,3)19-13-16(14-20(21(19)30)24(4,5)6)12-18(15-29)34(31,32)22(33-25(26,27)28)17-10-8-7-9-11-17/h7-14,22,30H,1-6H3. The van der Waals surface area contributed by atoms with Gasteiger partial charge in [0.25, 0.3) is 0 Å². The van der Waals surface area contributed by atoms with Gasteiger partial charge in [-0.1, -0.05) is 71.9 Å². The van der Waals surface area contributed by atoms with Crippen LogP contribution < -0.4 is 0 Å². The van der Waals surface area contributed by atoms with E-state index in [9.17, 15) is 32.0 Å². The van der Waals surface area contributed by atoms with Gasteiger partial charge in [0.15, 0.2) is 5.44 Å². The van der Waals surface area contributed by atoms with Gasteiger partial charge >= 0.3 is 6.36 Å². The van der Waals surface area contributed by atoms with E-state index in [0.717, 1.165) is 6.08 Å². The second kappa shape index (κ2) is 9.43. The van der Waals surface area contributed by atoms with Crippen LogP contribution in [0.2, 0.25) is 0 Å². The maximum absolute atomic E-state index is 13.2. The molecule has 1 atom stereocenters. The van der Waals surface area contributed by atoms with Crippen LogP contribution in [0.15, 0.2) is 47.4 Å². The molecule has 5 nitrogen and oxygen atoms in total. The zero-order chi connectivity index (χ0) is 26.1. The maximum atomic E-state index is 13.2. The highest BCUT2D eigenvalue weighted by Crippen LogP contribution is 2.41. The quantitative estimate of drug-likeness (QED) is 0.478. The molecule has 0 saturated heterocycles. The second-order valence-corrected chi connectivity index (χ2v) is 11.9. The first-order valence-corrected chi connectivity index (χ1v) is 12.0. The number of nitrogens with zero attached hydrogens (tertiary/aromatic N) is 1. The van der Waals surface area contributed by atoms with Crippen molar-refractivity contribution in [3.05, 3.63) is 69.6 Å². The summed E-state index contributed by atoms with van der Waals surface area (Å²) in [5.41, 5.74) is -2.53. The van der Waals surface area contributed by atoms with Gasteiger partial charge in [-0.25, -0.2) is 8.42 Å². The number of benzene rings is 2. The van der Waals surface area contributed by atoms with E-state index in [-0.39, 0.29) is 16.9 Å². The lowest BCUT2D eigenvalue weighted by Gasteiger charge is -2.28. The predicted molar refractivity (Wildman–Crippen MR) is 124 cm³/mol. The number of aromatic hydroxyl groups is 1. The Kier molecular flexibility index (Phi) is 7.61. The fourth-order valence-electron chi connectivity index (χ4n) is 3.37. The average molecular weight is 496 g/mol. The number of alkyl halides is 3. The molecule has 0 aliphatic heterocycles. The molecular formula is C25H28F3NO4S. The SMILES string of the molecule is CC(C)(C)c1cc(C=C(C#N)S(=O)(=O)C(OC(F)(F)F)c2ccccc2)cc(C(C)(C)C)c1O. The number of phenols is 1. The number of ether oxygens (including phenoxy) is 1. The molecule has 0 heterocycles. The lowest BCUT2D eigenvalue weighted by atomic mass is 9.78. The van der Waals surface area contributed by atoms with Crippen LogP contribution in [0, 0.1) is 11.3 Å². The molecule has 1 N–H and O–H groups in total. The smallest absolute Gasteiger partial charge is 0.507 e. The third-order valence-corrected chi connectivity index (χ3v) is 6.81. The largest absolute Gasteiger partial charge is 0.524 e. The van der Waals surface area contributed by atoms with E-state index in [4.69, 9.17) is 0 Å². The molecule has 0 spiro atoms. The summed E-state index contributed by atoms with van der Waals surface area (Å²) in [7, 11) is -4.91. The second-order valence-electron chi connectivity index (χ2n) is 9.94. The van der Waals surface area contributed by atoms with Gasteiger partial charge in [-0.15, -0.1) is 13.2 Å². The van der Waals surface area contributed by atoms with E-state index < -0.39 is 37.4 Å². The van der Waals surface area contributed by atoms with Crippen molar-refractivity contribution in [2.75, 3.05) is 0 Å². The minimum atomic E-state index is -5.26. The Hall–Kier alpha value is -2.83. The summed E-state index contributed by atoms with van der Waals surface area (Å²) in [6.45, 7) is 11.1. The summed E-state index contributed by atoms with van der Waals surface area (Å²) in [4.78, 5) is -0.893. The molecular weight excluding hydrogens is 467 g/mol. The van der Waals surface area contributed by atoms with E-state index in [1.54, 1.807) is 0 Å². The number of hydrogen-bond donors (Lipinski definition) is 1. The minimum Gasteiger partial charge on any atom is -0.507 e. The number of allylic oxidation sites excluding steroid dienone is 1. The number of phenolic OH excluding ortho intramolecular Hbond substituents is 1. The van der Waals surface area contributed by atoms with Crippen molar-refractivity contribution in [1.29, 1.82) is 5.26 Å². The molecule has 9 heteroatoms. The number of rotatable bonds is 5. The van der Waals surface area contributed by atoms with Gasteiger partial charge in [0.2, 0.25) is 9.84 Å². The van der Waals surface area contributed by atoms with Gasteiger partial charge in [0.05, 0.1) is 0 Å². The number of hydrogen-bond acceptors (Lipinski definition) is 5. The first kappa shape index (κ1) is 27.4. The highest BCUT2D eigenvalue weighted by Gasteiger charge is 2.42. The Balaban J connectivity index is 2.77. The Bertz CT molecular complexity index is 1180. The van der Waals surface area contributed by atoms with Crippen molar-refractivity contribution in [3.8, 4) is 11.8 Å². The van der Waals surface area contributed by atoms with Crippen molar-refractivity contribution in [3.63, 3.8) is 0 Å². The topological polar surface area (TPSA) is 87.4 Å². The summed E-state index contributed by atoms with van der Waals surface area (Å²) in [6, 6.07) is 11.2. The summed E-state index contributed by atoms with van der Waals surface area (Å²) < 4.78 is 69.7. The Morgan fingerprint density at radius 2 is 1.47 bits per heavy atom. The van der Waals surface area contributed by atoms with E-state index in [0.29, 0.717) is 11.1 Å². The lowest BCUT2D eigenvalue weighted by molar-refractivity contribution is -0.332. The molecule has 0 aliphatic rings. The van der Waals surface area contributed by atoms with Crippen LogP contribution in [0.3, 0.4) is 0 Å². The summed E-state index contributed by atoms with van der Waals surface area (Å²) in [5, 5.41) is 20.5. The van der Waals surface area contributed by atoms with Crippen molar-refractivity contribution in [2.45, 2.75) is 64.2 Å². The van der Waals surface area contributed by atoms with Crippen LogP contribution >= 0.6 is 0 Å². The minimum absolute atomic E-state index is 0.0427. The third kappa shape index (κ3) is 6.39. The molecule has 2 rings (SSSR count). The predicted octanol–water partition coefficient (Wildman–Crippen LogP) is 6.50. The van der Waals surface area contributed by atoms with Crippen LogP contribution in [0.5, 0.6) is 5.75 Å². The van der Waals surface area contributed by atoms with Gasteiger partial charge in [0, 0.05) is 11.1 Å². The molecule has 0 bridgehead atoms. The van der Waals surface area contributed by atoms with Gasteiger partial charge in [-0.2, -0.15) is 5.26 Å². The normalized spacial score (nSPS) is 14.5. The molecule has 0 saturated carbocycles. The fourth-order valence-corrected chi connectivity index (χ4v) is 4.78. The van der Waals surface area contributed by atoms with Crippen LogP contribution in [0.4, 0.5) is 13.2 Å². The van der Waals surface area contributed by atoms with Gasteiger partial charge < -0.3 is 5.11 Å². The van der Waals surface area contributed by atoms with E-state index >= 15 is 0 Å². The maximum Gasteiger partial charge on any atom is 0.524 e. The van der Waals surface area contributed by atoms with Crippen molar-refractivity contribution < 1.29 is 31.4 Å². The van der Waals surface area contributed by atoms with Gasteiger partial charge in [-0.3, -0.25) is 4.74 Å². The molecule has 0 fully saturated rings. The number of halogens is 3. The molecule has 2 aromatic carbocycles. The molecule has 0 amide bonds. The molecule has 0 aliphatic carbocycles. The number of sulfone groups is 1. The molecule has 0 aromatic heterocycles. The van der Waals surface area contributed by atoms with Crippen LogP contribution in [0.1, 0.15) is 69.2 Å². The Morgan fingerprint density at radius 1 is 1.00 bits per heavy atom. The Labute approximate surface area is 198 Å². The van der Waals surface area contributed by atoms with E-state index in [2.05, 4.69) is 4.74 Å². The number of nitriles is 1. The van der Waals surface area contributed by atoms with Crippen molar-refractivity contribution in [1.82, 2.24) is 0 Å².